The van der Waals surface area contributed by atoms with Crippen molar-refractivity contribution in [1.29, 1.82) is 0 Å². The lowest BCUT2D eigenvalue weighted by molar-refractivity contribution is -0.119. The summed E-state index contributed by atoms with van der Waals surface area (Å²) in [5.41, 5.74) is 7.10. The van der Waals surface area contributed by atoms with Crippen LogP contribution < -0.4 is 11.1 Å². The normalized spacial score (nSPS) is 21.1. The van der Waals surface area contributed by atoms with Crippen LogP contribution in [0.4, 0.5) is 5.69 Å². The summed E-state index contributed by atoms with van der Waals surface area (Å²) >= 11 is 4.88. The second kappa shape index (κ2) is 6.81. The lowest BCUT2D eigenvalue weighted by Crippen LogP contribution is -2.33. The molecule has 0 radical (unpaired) electrons. The van der Waals surface area contributed by atoms with Crippen LogP contribution in [0.1, 0.15) is 31.7 Å². The lowest BCUT2D eigenvalue weighted by atomic mass is 9.80. The second-order valence-electron chi connectivity index (χ2n) is 5.11. The van der Waals surface area contributed by atoms with Crippen LogP contribution in [0, 0.1) is 5.92 Å². The summed E-state index contributed by atoms with van der Waals surface area (Å²) in [6.45, 7) is 2.75. The molecule has 0 bridgehead atoms. The van der Waals surface area contributed by atoms with Crippen LogP contribution in [0.3, 0.4) is 0 Å². The summed E-state index contributed by atoms with van der Waals surface area (Å²) in [5.74, 6) is 0.496. The third-order valence-electron chi connectivity index (χ3n) is 3.52. The molecule has 1 amide bonds. The van der Waals surface area contributed by atoms with Gasteiger partial charge in [0.05, 0.1) is 6.10 Å². The zero-order chi connectivity index (χ0) is 14.5. The van der Waals surface area contributed by atoms with Gasteiger partial charge in [0.15, 0.2) is 0 Å². The van der Waals surface area contributed by atoms with Gasteiger partial charge in [-0.05, 0) is 49.9 Å². The molecule has 1 aliphatic carbocycles. The average Bonchev–Trinajstić information content (AvgIpc) is 2.37. The van der Waals surface area contributed by atoms with Crippen molar-refractivity contribution in [1.82, 2.24) is 0 Å². The van der Waals surface area contributed by atoms with Gasteiger partial charge in [0, 0.05) is 24.3 Å². The summed E-state index contributed by atoms with van der Waals surface area (Å²) in [6.07, 6.45) is 2.88. The maximum atomic E-state index is 11.9. The highest BCUT2D eigenvalue weighted by atomic mass is 32.1. The first kappa shape index (κ1) is 14.9. The zero-order valence-electron chi connectivity index (χ0n) is 11.6. The topological polar surface area (TPSA) is 64.3 Å². The third kappa shape index (κ3) is 4.02. The largest absolute Gasteiger partial charge is 0.389 e. The zero-order valence-corrected chi connectivity index (χ0v) is 12.4. The van der Waals surface area contributed by atoms with Gasteiger partial charge in [0.25, 0.3) is 0 Å². The van der Waals surface area contributed by atoms with Gasteiger partial charge < -0.3 is 15.8 Å². The second-order valence-corrected chi connectivity index (χ2v) is 5.55. The molecule has 0 saturated heterocycles. The molecule has 5 heteroatoms. The Morgan fingerprint density at radius 2 is 2.05 bits per heavy atom. The first-order chi connectivity index (χ1) is 9.58. The maximum absolute atomic E-state index is 11.9. The molecule has 20 heavy (non-hydrogen) atoms. The summed E-state index contributed by atoms with van der Waals surface area (Å²) in [7, 11) is 0. The van der Waals surface area contributed by atoms with Crippen LogP contribution in [0.5, 0.6) is 0 Å². The number of thiocarbonyl (C=S) groups is 1. The number of benzene rings is 1. The van der Waals surface area contributed by atoms with E-state index in [-0.39, 0.29) is 5.91 Å². The highest BCUT2D eigenvalue weighted by molar-refractivity contribution is 7.80. The highest BCUT2D eigenvalue weighted by Gasteiger charge is 2.30. The van der Waals surface area contributed by atoms with E-state index in [1.807, 2.05) is 31.2 Å². The SMILES string of the molecule is CCOC1CC(CC(=O)Nc2ccc(C(N)=S)cc2)C1. The van der Waals surface area contributed by atoms with Crippen LogP contribution in [0.15, 0.2) is 24.3 Å². The first-order valence-electron chi connectivity index (χ1n) is 6.89. The Morgan fingerprint density at radius 3 is 2.60 bits per heavy atom. The summed E-state index contributed by atoms with van der Waals surface area (Å²) in [6, 6.07) is 7.26. The van der Waals surface area contributed by atoms with Gasteiger partial charge in [0.2, 0.25) is 5.91 Å². The molecular formula is C15H20N2O2S. The van der Waals surface area contributed by atoms with E-state index in [1.54, 1.807) is 0 Å². The number of nitrogens with two attached hydrogens (primary N) is 1. The van der Waals surface area contributed by atoms with E-state index in [0.29, 0.717) is 23.4 Å². The van der Waals surface area contributed by atoms with Gasteiger partial charge in [-0.25, -0.2) is 0 Å². The maximum Gasteiger partial charge on any atom is 0.224 e. The van der Waals surface area contributed by atoms with Crippen molar-refractivity contribution in [2.45, 2.75) is 32.3 Å². The third-order valence-corrected chi connectivity index (χ3v) is 3.76. The molecule has 4 nitrogen and oxygen atoms in total. The van der Waals surface area contributed by atoms with Gasteiger partial charge in [-0.2, -0.15) is 0 Å². The van der Waals surface area contributed by atoms with E-state index >= 15 is 0 Å². The number of carbonyl (C=O) groups is 1. The molecule has 0 atom stereocenters. The fourth-order valence-corrected chi connectivity index (χ4v) is 2.54. The monoisotopic (exact) mass is 292 g/mol. The number of anilines is 1. The van der Waals surface area contributed by atoms with Crippen LogP contribution >= 0.6 is 12.2 Å². The van der Waals surface area contributed by atoms with Crippen molar-refractivity contribution < 1.29 is 9.53 Å². The Morgan fingerprint density at radius 1 is 1.40 bits per heavy atom. The molecule has 1 aliphatic rings. The van der Waals surface area contributed by atoms with Crippen LogP contribution in [0.2, 0.25) is 0 Å². The minimum absolute atomic E-state index is 0.0491. The Kier molecular flexibility index (Phi) is 5.09. The molecular weight excluding hydrogens is 272 g/mol. The number of amides is 1. The minimum Gasteiger partial charge on any atom is -0.389 e. The van der Waals surface area contributed by atoms with Gasteiger partial charge in [-0.1, -0.05) is 12.2 Å². The van der Waals surface area contributed by atoms with Gasteiger partial charge >= 0.3 is 0 Å². The molecule has 1 aromatic carbocycles. The molecule has 0 unspecified atom stereocenters. The Labute approximate surface area is 124 Å². The number of hydrogen-bond donors (Lipinski definition) is 2. The molecule has 0 aliphatic heterocycles. The number of ether oxygens (including phenoxy) is 1. The molecule has 1 fully saturated rings. The number of carbonyl (C=O) groups excluding carboxylic acids is 1. The minimum atomic E-state index is 0.0491. The number of nitrogens with one attached hydrogen (secondary N) is 1. The lowest BCUT2D eigenvalue weighted by Gasteiger charge is -2.34. The van der Waals surface area contributed by atoms with Crippen molar-refractivity contribution in [2.75, 3.05) is 11.9 Å². The van der Waals surface area contributed by atoms with Crippen molar-refractivity contribution in [3.8, 4) is 0 Å². The van der Waals surface area contributed by atoms with Crippen LogP contribution in [-0.4, -0.2) is 23.6 Å². The van der Waals surface area contributed by atoms with E-state index in [0.717, 1.165) is 30.7 Å². The highest BCUT2D eigenvalue weighted by Crippen LogP contribution is 2.32. The molecule has 1 saturated carbocycles. The average molecular weight is 292 g/mol. The van der Waals surface area contributed by atoms with Gasteiger partial charge in [-0.3, -0.25) is 4.79 Å². The first-order valence-corrected chi connectivity index (χ1v) is 7.30. The van der Waals surface area contributed by atoms with Gasteiger partial charge in [-0.15, -0.1) is 0 Å². The van der Waals surface area contributed by atoms with Gasteiger partial charge in [0.1, 0.15) is 4.99 Å². The fraction of sp³-hybridized carbons (Fsp3) is 0.467. The molecule has 1 aromatic rings. The number of rotatable bonds is 6. The van der Waals surface area contributed by atoms with Crippen LogP contribution in [-0.2, 0) is 9.53 Å². The standard InChI is InChI=1S/C15H20N2O2S/c1-2-19-13-7-10(8-13)9-14(18)17-12-5-3-11(4-6-12)15(16)20/h3-6,10,13H,2,7-9H2,1H3,(H2,16,20)(H,17,18). The fourth-order valence-electron chi connectivity index (χ4n) is 2.41. The Hall–Kier alpha value is -1.46. The summed E-state index contributed by atoms with van der Waals surface area (Å²) < 4.78 is 5.49. The van der Waals surface area contributed by atoms with E-state index in [2.05, 4.69) is 5.32 Å². The molecule has 0 aromatic heterocycles. The quantitative estimate of drug-likeness (QED) is 0.791. The Bertz CT molecular complexity index is 481. The molecule has 108 valence electrons. The van der Waals surface area contributed by atoms with E-state index in [9.17, 15) is 4.79 Å². The predicted molar refractivity (Wildman–Crippen MR) is 83.7 cm³/mol. The molecule has 3 N–H and O–H groups in total. The Balaban J connectivity index is 1.76. The van der Waals surface area contributed by atoms with E-state index in [4.69, 9.17) is 22.7 Å². The summed E-state index contributed by atoms with van der Waals surface area (Å²) in [5, 5.41) is 2.89. The summed E-state index contributed by atoms with van der Waals surface area (Å²) in [4.78, 5) is 12.3. The molecule has 0 heterocycles. The predicted octanol–water partition coefficient (Wildman–Crippen LogP) is 2.46. The molecule has 0 spiro atoms. The van der Waals surface area contributed by atoms with Crippen molar-refractivity contribution in [2.24, 2.45) is 11.7 Å². The van der Waals surface area contributed by atoms with Crippen molar-refractivity contribution in [3.05, 3.63) is 29.8 Å². The number of hydrogen-bond acceptors (Lipinski definition) is 3. The van der Waals surface area contributed by atoms with E-state index < -0.39 is 0 Å². The smallest absolute Gasteiger partial charge is 0.224 e. The van der Waals surface area contributed by atoms with Crippen molar-refractivity contribution >= 4 is 28.8 Å². The molecule has 2 rings (SSSR count). The van der Waals surface area contributed by atoms with E-state index in [1.165, 1.54) is 0 Å². The van der Waals surface area contributed by atoms with Crippen LogP contribution in [0.25, 0.3) is 0 Å². The van der Waals surface area contributed by atoms with Crippen molar-refractivity contribution in [3.63, 3.8) is 0 Å².